The van der Waals surface area contributed by atoms with Gasteiger partial charge in [-0.3, -0.25) is 0 Å². The summed E-state index contributed by atoms with van der Waals surface area (Å²) in [5.74, 6) is -0.383. The average Bonchev–Trinajstić information content (AvgIpc) is 2.75. The number of methoxy groups -OCH3 is 2. The fourth-order valence-corrected chi connectivity index (χ4v) is 2.52. The van der Waals surface area contributed by atoms with Crippen molar-refractivity contribution in [3.05, 3.63) is 35.8 Å². The summed E-state index contributed by atoms with van der Waals surface area (Å²) < 4.78 is 25.0. The lowest BCUT2D eigenvalue weighted by atomic mass is 10.1. The summed E-state index contributed by atoms with van der Waals surface area (Å²) in [5.41, 5.74) is 1.80. The van der Waals surface area contributed by atoms with Gasteiger partial charge < -0.3 is 14.0 Å². The highest BCUT2D eigenvalue weighted by atomic mass is 31.0. The number of aryl methyl sites for hydroxylation is 1. The standard InChI is InChI=1S/C14H15FNO3P/c1-16-7-10(14(17)19-3)13(18-2)12(16)9-5-4-8(15)6-11(9)20/h4-7H,20H2,1-3H3. The second-order valence-electron chi connectivity index (χ2n) is 4.26. The number of carbonyl (C=O) groups is 1. The molecule has 0 amide bonds. The van der Waals surface area contributed by atoms with Crippen molar-refractivity contribution >= 4 is 20.5 Å². The van der Waals surface area contributed by atoms with Crippen molar-refractivity contribution < 1.29 is 18.7 Å². The Morgan fingerprint density at radius 3 is 2.60 bits per heavy atom. The number of nitrogens with zero attached hydrogens (tertiary/aromatic N) is 1. The van der Waals surface area contributed by atoms with Crippen molar-refractivity contribution in [2.75, 3.05) is 14.2 Å². The van der Waals surface area contributed by atoms with Gasteiger partial charge in [0.1, 0.15) is 11.4 Å². The monoisotopic (exact) mass is 295 g/mol. The minimum Gasteiger partial charge on any atom is -0.494 e. The first-order valence-corrected chi connectivity index (χ1v) is 6.44. The van der Waals surface area contributed by atoms with E-state index >= 15 is 0 Å². The molecule has 0 radical (unpaired) electrons. The van der Waals surface area contributed by atoms with Gasteiger partial charge in [0.2, 0.25) is 0 Å². The van der Waals surface area contributed by atoms with Crippen LogP contribution in [-0.2, 0) is 11.8 Å². The highest BCUT2D eigenvalue weighted by molar-refractivity contribution is 7.28. The van der Waals surface area contributed by atoms with E-state index < -0.39 is 5.97 Å². The topological polar surface area (TPSA) is 40.5 Å². The zero-order valence-corrected chi connectivity index (χ0v) is 12.6. The highest BCUT2D eigenvalue weighted by Crippen LogP contribution is 2.34. The van der Waals surface area contributed by atoms with Gasteiger partial charge in [-0.15, -0.1) is 9.24 Å². The van der Waals surface area contributed by atoms with E-state index in [2.05, 4.69) is 9.24 Å². The van der Waals surface area contributed by atoms with Gasteiger partial charge >= 0.3 is 5.97 Å². The van der Waals surface area contributed by atoms with Crippen molar-refractivity contribution in [3.63, 3.8) is 0 Å². The third-order valence-electron chi connectivity index (χ3n) is 3.01. The van der Waals surface area contributed by atoms with E-state index in [1.165, 1.54) is 26.4 Å². The summed E-state index contributed by atoms with van der Waals surface area (Å²) >= 11 is 0. The first-order valence-electron chi connectivity index (χ1n) is 5.86. The lowest BCUT2D eigenvalue weighted by Crippen LogP contribution is -2.04. The summed E-state index contributed by atoms with van der Waals surface area (Å²) in [6, 6.07) is 4.42. The number of aromatic nitrogens is 1. The first kappa shape index (κ1) is 14.5. The predicted molar refractivity (Wildman–Crippen MR) is 78.0 cm³/mol. The molecule has 2 aromatic rings. The van der Waals surface area contributed by atoms with Crippen molar-refractivity contribution in [2.45, 2.75) is 0 Å². The number of halogens is 1. The molecule has 0 bridgehead atoms. The van der Waals surface area contributed by atoms with Crippen LogP contribution in [-0.4, -0.2) is 24.8 Å². The zero-order chi connectivity index (χ0) is 14.9. The summed E-state index contributed by atoms with van der Waals surface area (Å²) in [4.78, 5) is 11.7. The number of benzene rings is 1. The van der Waals surface area contributed by atoms with E-state index in [1.807, 2.05) is 0 Å². The van der Waals surface area contributed by atoms with Gasteiger partial charge in [-0.05, 0) is 23.5 Å². The molecule has 0 spiro atoms. The molecule has 1 heterocycles. The van der Waals surface area contributed by atoms with Crippen LogP contribution in [0.5, 0.6) is 5.75 Å². The van der Waals surface area contributed by atoms with Crippen LogP contribution in [0, 0.1) is 5.82 Å². The number of carbonyl (C=O) groups excluding carboxylic acids is 1. The van der Waals surface area contributed by atoms with Gasteiger partial charge in [0.15, 0.2) is 5.75 Å². The SMILES string of the molecule is COC(=O)c1cn(C)c(-c2ccc(F)cc2P)c1OC. The third-order valence-corrected chi connectivity index (χ3v) is 3.49. The van der Waals surface area contributed by atoms with Crippen molar-refractivity contribution in [1.82, 2.24) is 4.57 Å². The fourth-order valence-electron chi connectivity index (χ4n) is 2.13. The van der Waals surface area contributed by atoms with Gasteiger partial charge in [-0.2, -0.15) is 0 Å². The first-order chi connectivity index (χ1) is 9.49. The number of esters is 1. The van der Waals surface area contributed by atoms with Gasteiger partial charge in [-0.25, -0.2) is 9.18 Å². The number of hydrogen-bond acceptors (Lipinski definition) is 3. The molecule has 106 valence electrons. The molecular weight excluding hydrogens is 280 g/mol. The number of ether oxygens (including phenoxy) is 2. The van der Waals surface area contributed by atoms with Crippen LogP contribution in [0.1, 0.15) is 10.4 Å². The molecule has 0 aliphatic heterocycles. The molecule has 0 N–H and O–H groups in total. The Hall–Kier alpha value is -1.87. The van der Waals surface area contributed by atoms with Gasteiger partial charge in [0, 0.05) is 18.8 Å². The number of rotatable bonds is 3. The Bertz CT molecular complexity index is 667. The molecule has 0 aliphatic rings. The van der Waals surface area contributed by atoms with Crippen LogP contribution < -0.4 is 10.0 Å². The largest absolute Gasteiger partial charge is 0.494 e. The maximum atomic E-state index is 13.2. The molecule has 1 aromatic heterocycles. The van der Waals surface area contributed by atoms with E-state index in [1.54, 1.807) is 23.9 Å². The molecule has 4 nitrogen and oxygen atoms in total. The fraction of sp³-hybridized carbons (Fsp3) is 0.214. The van der Waals surface area contributed by atoms with Crippen LogP contribution in [0.3, 0.4) is 0 Å². The van der Waals surface area contributed by atoms with Gasteiger partial charge in [-0.1, -0.05) is 0 Å². The van der Waals surface area contributed by atoms with Crippen LogP contribution in [0.2, 0.25) is 0 Å². The lowest BCUT2D eigenvalue weighted by Gasteiger charge is -2.10. The molecule has 0 saturated carbocycles. The Morgan fingerprint density at radius 1 is 1.35 bits per heavy atom. The zero-order valence-electron chi connectivity index (χ0n) is 11.4. The molecule has 2 rings (SSSR count). The Kier molecular flexibility index (Phi) is 4.09. The van der Waals surface area contributed by atoms with Crippen LogP contribution in [0.25, 0.3) is 11.3 Å². The number of hydrogen-bond donors (Lipinski definition) is 0. The Labute approximate surface area is 118 Å². The molecule has 0 saturated heterocycles. The summed E-state index contributed by atoms with van der Waals surface area (Å²) in [5, 5.41) is 0.681. The minimum atomic E-state index is -0.476. The molecule has 0 fully saturated rings. The van der Waals surface area contributed by atoms with Crippen molar-refractivity contribution in [3.8, 4) is 17.0 Å². The maximum Gasteiger partial charge on any atom is 0.343 e. The van der Waals surface area contributed by atoms with Gasteiger partial charge in [0.05, 0.1) is 19.9 Å². The predicted octanol–water partition coefficient (Wildman–Crippen LogP) is 2.13. The summed E-state index contributed by atoms with van der Waals surface area (Å²) in [7, 11) is 7.07. The van der Waals surface area contributed by atoms with E-state index in [9.17, 15) is 9.18 Å². The smallest absolute Gasteiger partial charge is 0.343 e. The van der Waals surface area contributed by atoms with E-state index in [4.69, 9.17) is 9.47 Å². The Morgan fingerprint density at radius 2 is 2.05 bits per heavy atom. The Balaban J connectivity index is 2.67. The molecule has 6 heteroatoms. The second-order valence-corrected chi connectivity index (χ2v) is 4.88. The molecule has 1 unspecified atom stereocenters. The molecule has 1 atom stereocenters. The van der Waals surface area contributed by atoms with E-state index in [0.717, 1.165) is 5.56 Å². The van der Waals surface area contributed by atoms with E-state index in [-0.39, 0.29) is 5.82 Å². The average molecular weight is 295 g/mol. The van der Waals surface area contributed by atoms with Gasteiger partial charge in [0.25, 0.3) is 0 Å². The summed E-state index contributed by atoms with van der Waals surface area (Å²) in [6.07, 6.45) is 1.63. The maximum absolute atomic E-state index is 13.2. The van der Waals surface area contributed by atoms with Crippen molar-refractivity contribution in [1.29, 1.82) is 0 Å². The van der Waals surface area contributed by atoms with E-state index in [0.29, 0.717) is 22.3 Å². The van der Waals surface area contributed by atoms with Crippen LogP contribution in [0.4, 0.5) is 4.39 Å². The third kappa shape index (κ3) is 2.41. The lowest BCUT2D eigenvalue weighted by molar-refractivity contribution is 0.0597. The quantitative estimate of drug-likeness (QED) is 0.643. The normalized spacial score (nSPS) is 10.4. The molecule has 20 heavy (non-hydrogen) atoms. The highest BCUT2D eigenvalue weighted by Gasteiger charge is 2.23. The molecule has 0 aliphatic carbocycles. The van der Waals surface area contributed by atoms with Crippen LogP contribution in [0.15, 0.2) is 24.4 Å². The van der Waals surface area contributed by atoms with Crippen molar-refractivity contribution in [2.24, 2.45) is 7.05 Å². The summed E-state index contributed by atoms with van der Waals surface area (Å²) in [6.45, 7) is 0. The minimum absolute atomic E-state index is 0.319. The second kappa shape index (κ2) is 5.63. The molecule has 1 aromatic carbocycles. The molecular formula is C14H15FNO3P. The van der Waals surface area contributed by atoms with Crippen LogP contribution >= 0.6 is 9.24 Å².